The van der Waals surface area contributed by atoms with E-state index in [0.717, 1.165) is 25.9 Å². The molecular weight excluding hydrogens is 594 g/mol. The maximum absolute atomic E-state index is 13.9. The van der Waals surface area contributed by atoms with E-state index in [0.29, 0.717) is 24.3 Å². The van der Waals surface area contributed by atoms with Crippen LogP contribution in [0.4, 0.5) is 0 Å². The van der Waals surface area contributed by atoms with E-state index in [1.165, 1.54) is 6.92 Å². The molecule has 7 rings (SSSR count). The highest BCUT2D eigenvalue weighted by Gasteiger charge is 2.89. The molecule has 1 aromatic carbocycles. The van der Waals surface area contributed by atoms with Crippen molar-refractivity contribution in [3.05, 3.63) is 29.8 Å². The Balaban J connectivity index is 1.46. The molecule has 13 atom stereocenters. The van der Waals surface area contributed by atoms with Crippen molar-refractivity contribution in [3.8, 4) is 5.75 Å². The van der Waals surface area contributed by atoms with Gasteiger partial charge in [-0.25, -0.2) is 4.79 Å². The lowest BCUT2D eigenvalue weighted by atomic mass is 9.43. The van der Waals surface area contributed by atoms with E-state index in [4.69, 9.17) is 33.2 Å². The molecule has 254 valence electrons. The van der Waals surface area contributed by atoms with Crippen molar-refractivity contribution in [3.63, 3.8) is 0 Å². The van der Waals surface area contributed by atoms with Crippen LogP contribution in [0.3, 0.4) is 0 Å². The summed E-state index contributed by atoms with van der Waals surface area (Å²) in [6.07, 6.45) is 0.142. The first-order valence-electron chi connectivity index (χ1n) is 16.6. The number of carbonyl (C=O) groups is 2. The molecule has 1 heterocycles. The van der Waals surface area contributed by atoms with Crippen molar-refractivity contribution in [2.24, 2.45) is 34.5 Å². The summed E-state index contributed by atoms with van der Waals surface area (Å²) in [6, 6.07) is 6.66. The van der Waals surface area contributed by atoms with Gasteiger partial charge >= 0.3 is 11.9 Å². The molecule has 1 aromatic rings. The van der Waals surface area contributed by atoms with E-state index in [2.05, 4.69) is 11.8 Å². The third-order valence-electron chi connectivity index (χ3n) is 13.3. The first-order chi connectivity index (χ1) is 22.1. The number of piperidine rings is 1. The van der Waals surface area contributed by atoms with Crippen LogP contribution in [0.25, 0.3) is 0 Å². The summed E-state index contributed by atoms with van der Waals surface area (Å²) in [4.78, 5) is 29.7. The molecule has 1 spiro atoms. The summed E-state index contributed by atoms with van der Waals surface area (Å²) in [6.45, 7) is 5.80. The minimum Gasteiger partial charge on any atom is -0.497 e. The van der Waals surface area contributed by atoms with E-state index in [1.807, 2.05) is 0 Å². The molecule has 5 saturated carbocycles. The van der Waals surface area contributed by atoms with Crippen LogP contribution in [0.5, 0.6) is 5.75 Å². The van der Waals surface area contributed by atoms with Crippen LogP contribution >= 0.6 is 0 Å². The Morgan fingerprint density at radius 3 is 2.28 bits per heavy atom. The Hall–Kier alpha value is -2.28. The Morgan fingerprint density at radius 2 is 1.70 bits per heavy atom. The zero-order chi connectivity index (χ0) is 32.8. The molecule has 6 fully saturated rings. The van der Waals surface area contributed by atoms with Gasteiger partial charge in [0.05, 0.1) is 37.6 Å². The summed E-state index contributed by atoms with van der Waals surface area (Å²) in [5.41, 5.74) is -3.03. The van der Waals surface area contributed by atoms with Gasteiger partial charge in [0.2, 0.25) is 0 Å². The Morgan fingerprint density at radius 1 is 0.978 bits per heavy atom. The molecule has 0 amide bonds. The van der Waals surface area contributed by atoms with Gasteiger partial charge in [0.15, 0.2) is 0 Å². The number of methoxy groups -OCH3 is 5. The molecule has 7 bridgehead atoms. The molecule has 46 heavy (non-hydrogen) atoms. The molecule has 1 N–H and O–H groups in total. The van der Waals surface area contributed by atoms with Crippen LogP contribution in [0, 0.1) is 34.5 Å². The number of rotatable bonds is 10. The molecule has 5 aliphatic carbocycles. The molecule has 1 aliphatic heterocycles. The van der Waals surface area contributed by atoms with Gasteiger partial charge in [-0.3, -0.25) is 9.69 Å². The Labute approximate surface area is 271 Å². The summed E-state index contributed by atoms with van der Waals surface area (Å²) < 4.78 is 43.6. The lowest BCUT2D eigenvalue weighted by Gasteiger charge is -2.69. The van der Waals surface area contributed by atoms with Crippen molar-refractivity contribution in [1.29, 1.82) is 0 Å². The van der Waals surface area contributed by atoms with Gasteiger partial charge in [0.25, 0.3) is 0 Å². The van der Waals surface area contributed by atoms with Gasteiger partial charge in [-0.2, -0.15) is 0 Å². The molecular formula is C35H49NO10. The normalized spacial score (nSPS) is 46.6. The van der Waals surface area contributed by atoms with E-state index < -0.39 is 46.7 Å². The van der Waals surface area contributed by atoms with E-state index in [-0.39, 0.29) is 47.8 Å². The highest BCUT2D eigenvalue weighted by Crippen LogP contribution is 2.80. The van der Waals surface area contributed by atoms with E-state index in [1.54, 1.807) is 59.8 Å². The zero-order valence-electron chi connectivity index (χ0n) is 28.0. The monoisotopic (exact) mass is 643 g/mol. The minimum atomic E-state index is -1.51. The van der Waals surface area contributed by atoms with Crippen LogP contribution < -0.4 is 4.74 Å². The van der Waals surface area contributed by atoms with Crippen LogP contribution in [-0.4, -0.2) is 119 Å². The van der Waals surface area contributed by atoms with Gasteiger partial charge in [0.1, 0.15) is 23.1 Å². The number of fused-ring (bicyclic) bond motifs is 2. The average Bonchev–Trinajstić information content (AvgIpc) is 3.42. The van der Waals surface area contributed by atoms with E-state index in [9.17, 15) is 14.7 Å². The topological polar surface area (TPSA) is 122 Å². The van der Waals surface area contributed by atoms with Crippen LogP contribution in [0.1, 0.15) is 49.9 Å². The zero-order valence-corrected chi connectivity index (χ0v) is 28.0. The predicted octanol–water partition coefficient (Wildman–Crippen LogP) is 2.72. The van der Waals surface area contributed by atoms with Crippen molar-refractivity contribution < 1.29 is 47.9 Å². The van der Waals surface area contributed by atoms with Crippen molar-refractivity contribution in [1.82, 2.24) is 4.90 Å². The summed E-state index contributed by atoms with van der Waals surface area (Å²) in [5, 5.41) is 12.8. The lowest BCUT2D eigenvalue weighted by Crippen LogP contribution is -2.77. The second-order valence-corrected chi connectivity index (χ2v) is 14.6. The van der Waals surface area contributed by atoms with Gasteiger partial charge in [-0.1, -0.05) is 6.92 Å². The largest absolute Gasteiger partial charge is 0.497 e. The highest BCUT2D eigenvalue weighted by molar-refractivity contribution is 5.89. The number of ether oxygens (including phenoxy) is 7. The molecule has 11 heteroatoms. The smallest absolute Gasteiger partial charge is 0.338 e. The maximum atomic E-state index is 13.9. The number of aliphatic hydroxyl groups is 1. The number of esters is 2. The fraction of sp³-hybridized carbons (Fsp3) is 0.771. The van der Waals surface area contributed by atoms with Crippen molar-refractivity contribution in [2.75, 3.05) is 55.2 Å². The quantitative estimate of drug-likeness (QED) is 0.379. The third kappa shape index (κ3) is 3.87. The van der Waals surface area contributed by atoms with Gasteiger partial charge < -0.3 is 38.3 Å². The third-order valence-corrected chi connectivity index (χ3v) is 13.3. The minimum absolute atomic E-state index is 0.00534. The first-order valence-corrected chi connectivity index (χ1v) is 16.6. The SMILES string of the molecule is CCN1C[C@]2(COC)CC[C@H](OC)[C@@]34[C@@H]5C[C@@]6(O)[C@@H](OC)C[C@](OC(C)=O)(C([C@H](OC)[C@H]23)[C@@H]14)[C@H]5[C@H]6OC(=O)c1ccc(OC)cc1. The second-order valence-electron chi connectivity index (χ2n) is 14.6. The Kier molecular flexibility index (Phi) is 7.81. The van der Waals surface area contributed by atoms with Gasteiger partial charge in [0, 0.05) is 83.0 Å². The molecule has 1 unspecified atom stereocenters. The van der Waals surface area contributed by atoms with Crippen LogP contribution in [-0.2, 0) is 33.2 Å². The molecule has 6 aliphatic rings. The maximum Gasteiger partial charge on any atom is 0.338 e. The fourth-order valence-corrected chi connectivity index (χ4v) is 12.4. The van der Waals surface area contributed by atoms with Gasteiger partial charge in [-0.15, -0.1) is 0 Å². The molecule has 1 saturated heterocycles. The number of benzene rings is 1. The summed E-state index contributed by atoms with van der Waals surface area (Å²) in [7, 11) is 8.44. The molecule has 0 radical (unpaired) electrons. The molecule has 0 aromatic heterocycles. The van der Waals surface area contributed by atoms with E-state index >= 15 is 0 Å². The van der Waals surface area contributed by atoms with Crippen molar-refractivity contribution in [2.45, 2.75) is 81.2 Å². The summed E-state index contributed by atoms with van der Waals surface area (Å²) in [5.74, 6) is -1.38. The van der Waals surface area contributed by atoms with Gasteiger partial charge in [-0.05, 0) is 56.0 Å². The second kappa shape index (κ2) is 11.1. The highest BCUT2D eigenvalue weighted by atomic mass is 16.6. The first kappa shape index (κ1) is 32.3. The number of likely N-dealkylation sites (tertiary alicyclic amines) is 1. The lowest BCUT2D eigenvalue weighted by molar-refractivity contribution is -0.287. The average molecular weight is 644 g/mol. The summed E-state index contributed by atoms with van der Waals surface area (Å²) >= 11 is 0. The number of hydrogen-bond donors (Lipinski definition) is 1. The number of carbonyl (C=O) groups excluding carboxylic acids is 2. The fourth-order valence-electron chi connectivity index (χ4n) is 12.4. The van der Waals surface area contributed by atoms with Crippen molar-refractivity contribution >= 4 is 11.9 Å². The van der Waals surface area contributed by atoms with Crippen LogP contribution in [0.2, 0.25) is 0 Å². The standard InChI is InChI=1S/C35H49NO10/c1-8-36-17-32(18-40-3)14-13-23(42-5)35-22-15-33(39)24(43-6)16-34(46-19(2)37,26(29(35)36)27(44-7)28(32)35)25(22)30(33)45-31(38)20-9-11-21(41-4)12-10-20/h9-12,22-30,39H,8,13-18H2,1-7H3/t22-,23+,24+,25-,26?,27+,28-,29-,30-,32+,33-,34-,35+/m1/s1. The number of nitrogens with zero attached hydrogens (tertiary/aromatic N) is 1. The van der Waals surface area contributed by atoms with Crippen LogP contribution in [0.15, 0.2) is 24.3 Å². The number of hydrogen-bond acceptors (Lipinski definition) is 11. The Bertz CT molecular complexity index is 1360. The predicted molar refractivity (Wildman–Crippen MR) is 164 cm³/mol. The molecule has 11 nitrogen and oxygen atoms in total.